The van der Waals surface area contributed by atoms with Crippen molar-refractivity contribution in [2.24, 2.45) is 5.73 Å². The third kappa shape index (κ3) is 6.04. The zero-order chi connectivity index (χ0) is 29.0. The van der Waals surface area contributed by atoms with Gasteiger partial charge in [0.15, 0.2) is 5.69 Å². The fourth-order valence-corrected chi connectivity index (χ4v) is 4.65. The molecule has 0 aliphatic heterocycles. The molecule has 0 fully saturated rings. The number of amides is 3. The Hall–Kier alpha value is -4.91. The molecule has 1 heterocycles. The number of hydrogen-bond acceptors (Lipinski definition) is 7. The van der Waals surface area contributed by atoms with E-state index in [1.807, 2.05) is 0 Å². The molecule has 3 aromatic carbocycles. The number of aromatic nitrogens is 1. The molecular formula is C27H22F3N5O4S. The summed E-state index contributed by atoms with van der Waals surface area (Å²) in [5, 5.41) is 12.5. The van der Waals surface area contributed by atoms with Crippen molar-refractivity contribution in [3.63, 3.8) is 0 Å². The van der Waals surface area contributed by atoms with Crippen LogP contribution in [0.25, 0.3) is 0 Å². The van der Waals surface area contributed by atoms with Crippen LogP contribution in [0.4, 0.5) is 24.5 Å². The van der Waals surface area contributed by atoms with Crippen LogP contribution in [0, 0.1) is 0 Å². The number of nitrogen functional groups attached to an aromatic ring is 1. The Balaban J connectivity index is 1.88. The number of halogens is 3. The summed E-state index contributed by atoms with van der Waals surface area (Å²) in [5.74, 6) is -2.87. The highest BCUT2D eigenvalue weighted by Crippen LogP contribution is 2.37. The van der Waals surface area contributed by atoms with Gasteiger partial charge in [0.05, 0.1) is 11.3 Å². The lowest BCUT2D eigenvalue weighted by atomic mass is 10.0. The molecule has 6 N–H and O–H groups in total. The van der Waals surface area contributed by atoms with Crippen molar-refractivity contribution in [2.75, 3.05) is 10.6 Å². The molecular weight excluding hydrogens is 547 g/mol. The molecule has 3 amide bonds. The zero-order valence-electron chi connectivity index (χ0n) is 20.6. The molecule has 0 unspecified atom stereocenters. The lowest BCUT2D eigenvalue weighted by Crippen LogP contribution is -2.44. The quantitative estimate of drug-likeness (QED) is 0.249. The third-order valence-corrected chi connectivity index (χ3v) is 6.70. The van der Waals surface area contributed by atoms with Crippen molar-refractivity contribution >= 4 is 40.6 Å². The summed E-state index contributed by atoms with van der Waals surface area (Å²) in [5.41, 5.74) is 10.1. The van der Waals surface area contributed by atoms with Crippen molar-refractivity contribution in [3.05, 3.63) is 106 Å². The lowest BCUT2D eigenvalue weighted by molar-refractivity contribution is -0.137. The highest BCUT2D eigenvalue weighted by Gasteiger charge is 2.38. The first-order valence-electron chi connectivity index (χ1n) is 11.6. The molecule has 13 heteroatoms. The van der Waals surface area contributed by atoms with Crippen LogP contribution < -0.4 is 21.7 Å². The number of nitrogens with zero attached hydrogens (tertiary/aromatic N) is 2. The second kappa shape index (κ2) is 11.5. The zero-order valence-corrected chi connectivity index (χ0v) is 21.4. The number of nitrogens with two attached hydrogens (primary N) is 2. The van der Waals surface area contributed by atoms with Gasteiger partial charge in [-0.2, -0.15) is 17.5 Å². The smallest absolute Gasteiger partial charge is 0.416 e. The number of hydrogen-bond donors (Lipinski definition) is 4. The second-order valence-electron chi connectivity index (χ2n) is 8.56. The van der Waals surface area contributed by atoms with E-state index in [9.17, 15) is 32.7 Å². The van der Waals surface area contributed by atoms with Crippen LogP contribution in [0.1, 0.15) is 42.9 Å². The van der Waals surface area contributed by atoms with Gasteiger partial charge in [-0.1, -0.05) is 48.5 Å². The highest BCUT2D eigenvalue weighted by atomic mass is 32.1. The summed E-state index contributed by atoms with van der Waals surface area (Å²) in [7, 11) is 0. The number of nitrogens with one attached hydrogen (secondary N) is 1. The Kier molecular flexibility index (Phi) is 8.05. The number of aromatic hydroxyl groups is 1. The molecule has 1 atom stereocenters. The van der Waals surface area contributed by atoms with Crippen LogP contribution >= 0.6 is 11.5 Å². The normalized spacial score (nSPS) is 12.0. The van der Waals surface area contributed by atoms with Crippen LogP contribution in [-0.2, 0) is 17.5 Å². The van der Waals surface area contributed by atoms with Crippen LogP contribution in [0.15, 0.2) is 78.9 Å². The van der Waals surface area contributed by atoms with Gasteiger partial charge in [-0.15, -0.1) is 0 Å². The molecule has 9 nitrogen and oxygen atoms in total. The minimum atomic E-state index is -4.75. The molecule has 0 radical (unpaired) electrons. The lowest BCUT2D eigenvalue weighted by Gasteiger charge is -2.31. The first-order chi connectivity index (χ1) is 19.0. The first kappa shape index (κ1) is 28.1. The van der Waals surface area contributed by atoms with Crippen molar-refractivity contribution in [3.8, 4) is 5.75 Å². The Bertz CT molecular complexity index is 1540. The van der Waals surface area contributed by atoms with Gasteiger partial charge in [0.25, 0.3) is 11.8 Å². The molecule has 206 valence electrons. The first-order valence-corrected chi connectivity index (χ1v) is 12.4. The number of phenolic OH excluding ortho intramolecular Hbond substituents is 1. The molecule has 0 saturated carbocycles. The van der Waals surface area contributed by atoms with Crippen LogP contribution in [0.5, 0.6) is 5.75 Å². The van der Waals surface area contributed by atoms with E-state index >= 15 is 0 Å². The average Bonchev–Trinajstić information content (AvgIpc) is 3.32. The second-order valence-corrected chi connectivity index (χ2v) is 9.33. The summed E-state index contributed by atoms with van der Waals surface area (Å²) in [4.78, 5) is 40.0. The van der Waals surface area contributed by atoms with Gasteiger partial charge in [-0.05, 0) is 53.0 Å². The summed E-state index contributed by atoms with van der Waals surface area (Å²) < 4.78 is 44.8. The molecule has 1 aromatic heterocycles. The number of phenols is 1. The van der Waals surface area contributed by atoms with Crippen LogP contribution in [0.2, 0.25) is 0 Å². The van der Waals surface area contributed by atoms with Crippen molar-refractivity contribution in [1.82, 2.24) is 9.69 Å². The fourth-order valence-electron chi connectivity index (χ4n) is 3.91. The number of benzene rings is 3. The van der Waals surface area contributed by atoms with E-state index in [0.29, 0.717) is 11.5 Å². The molecule has 4 aromatic rings. The molecule has 0 saturated heterocycles. The number of primary amides is 1. The van der Waals surface area contributed by atoms with E-state index in [1.165, 1.54) is 30.3 Å². The largest absolute Gasteiger partial charge is 0.508 e. The SMILES string of the molecule is NC(=O)c1nsc(C(=O)N(c2cccc(C(F)(F)F)c2)[C@@H](C(=O)NCc2ccccc2)c2ccc(O)cc2)c1N. The molecule has 40 heavy (non-hydrogen) atoms. The van der Waals surface area contributed by atoms with E-state index in [4.69, 9.17) is 11.5 Å². The topological polar surface area (TPSA) is 152 Å². The maximum atomic E-state index is 14.0. The third-order valence-electron chi connectivity index (χ3n) is 5.85. The van der Waals surface area contributed by atoms with E-state index in [0.717, 1.165) is 28.7 Å². The van der Waals surface area contributed by atoms with E-state index in [2.05, 4.69) is 9.69 Å². The van der Waals surface area contributed by atoms with Crippen LogP contribution in [-0.4, -0.2) is 27.2 Å². The monoisotopic (exact) mass is 569 g/mol. The standard InChI is InChI=1S/C27H22F3N5O4S/c28-27(29,30)17-7-4-8-18(13-17)35(26(39)23-20(31)21(24(32)37)34-40-23)22(16-9-11-19(36)12-10-16)25(38)33-14-15-5-2-1-3-6-15/h1-13,22,36H,14,31H2,(H2,32,37)(H,33,38)/t22-/m1/s1. The Labute approximate surface area is 230 Å². The van der Waals surface area contributed by atoms with Crippen LogP contribution in [0.3, 0.4) is 0 Å². The number of anilines is 2. The van der Waals surface area contributed by atoms with Crippen molar-refractivity contribution < 1.29 is 32.7 Å². The molecule has 0 bridgehead atoms. The predicted molar refractivity (Wildman–Crippen MR) is 142 cm³/mol. The van der Waals surface area contributed by atoms with E-state index in [-0.39, 0.29) is 39.8 Å². The van der Waals surface area contributed by atoms with Gasteiger partial charge in [0.1, 0.15) is 16.7 Å². The Morgan fingerprint density at radius 2 is 1.68 bits per heavy atom. The highest BCUT2D eigenvalue weighted by molar-refractivity contribution is 7.09. The van der Waals surface area contributed by atoms with Crippen molar-refractivity contribution in [1.29, 1.82) is 0 Å². The molecule has 0 aliphatic rings. The number of alkyl halides is 3. The van der Waals surface area contributed by atoms with Gasteiger partial charge < -0.3 is 21.9 Å². The van der Waals surface area contributed by atoms with E-state index < -0.39 is 35.5 Å². The van der Waals surface area contributed by atoms with Gasteiger partial charge in [0, 0.05) is 12.2 Å². The number of carbonyl (C=O) groups excluding carboxylic acids is 3. The maximum Gasteiger partial charge on any atom is 0.416 e. The molecule has 0 spiro atoms. The number of carbonyl (C=O) groups is 3. The number of rotatable bonds is 8. The summed E-state index contributed by atoms with van der Waals surface area (Å²) in [6.07, 6.45) is -4.75. The minimum absolute atomic E-state index is 0.0490. The molecule has 4 rings (SSSR count). The predicted octanol–water partition coefficient (Wildman–Crippen LogP) is 4.25. The van der Waals surface area contributed by atoms with Gasteiger partial charge in [-0.3, -0.25) is 19.3 Å². The maximum absolute atomic E-state index is 14.0. The van der Waals surface area contributed by atoms with Crippen molar-refractivity contribution in [2.45, 2.75) is 18.8 Å². The van der Waals surface area contributed by atoms with Gasteiger partial charge in [-0.25, -0.2) is 0 Å². The Morgan fingerprint density at radius 1 is 1.00 bits per heavy atom. The van der Waals surface area contributed by atoms with Gasteiger partial charge in [0.2, 0.25) is 5.91 Å². The summed E-state index contributed by atoms with van der Waals surface area (Å²) >= 11 is 0.521. The van der Waals surface area contributed by atoms with Gasteiger partial charge >= 0.3 is 6.18 Å². The van der Waals surface area contributed by atoms with E-state index in [1.54, 1.807) is 30.3 Å². The average molecular weight is 570 g/mol. The Morgan fingerprint density at radius 3 is 2.27 bits per heavy atom. The minimum Gasteiger partial charge on any atom is -0.508 e. The summed E-state index contributed by atoms with van der Waals surface area (Å²) in [6.45, 7) is 0.0490. The fraction of sp³-hybridized carbons (Fsp3) is 0.111. The molecule has 0 aliphatic carbocycles. The summed E-state index contributed by atoms with van der Waals surface area (Å²) in [6, 6.07) is 16.5.